The topological polar surface area (TPSA) is 26.0 Å². The maximum atomic E-state index is 5.73. The molecule has 0 aliphatic heterocycles. The summed E-state index contributed by atoms with van der Waals surface area (Å²) in [5, 5.41) is 0. The number of hydrogen-bond acceptors (Lipinski definition) is 1. The summed E-state index contributed by atoms with van der Waals surface area (Å²) in [6.45, 7) is 4.16. The first-order chi connectivity index (χ1) is 3.98. The Bertz CT molecular complexity index is 109. The van der Waals surface area contributed by atoms with Gasteiger partial charge >= 0.3 is 0 Å². The third-order valence-corrected chi connectivity index (χ3v) is 1.41. The van der Waals surface area contributed by atoms with Crippen LogP contribution >= 0.6 is 0 Å². The van der Waals surface area contributed by atoms with Gasteiger partial charge in [-0.1, -0.05) is 6.92 Å². The van der Waals surface area contributed by atoms with E-state index in [2.05, 4.69) is 13.0 Å². The van der Waals surface area contributed by atoms with Gasteiger partial charge in [0.05, 0.1) is 14.1 Å². The van der Waals surface area contributed by atoms with Gasteiger partial charge in [0, 0.05) is 6.92 Å². The average molecular weight is 129 g/mol. The smallest absolute Gasteiger partial charge is 0.120 e. The molecule has 0 radical (unpaired) electrons. The minimum absolute atomic E-state index is 0.452. The Hall–Kier alpha value is -0.340. The lowest BCUT2D eigenvalue weighted by Gasteiger charge is -2.22. The van der Waals surface area contributed by atoms with Gasteiger partial charge in [-0.3, -0.25) is 0 Å². The lowest BCUT2D eigenvalue weighted by Crippen LogP contribution is -2.44. The largest absolute Gasteiger partial charge is 0.225 e. The van der Waals surface area contributed by atoms with Gasteiger partial charge in [0.1, 0.15) is 5.70 Å². The summed E-state index contributed by atoms with van der Waals surface area (Å²) >= 11 is 0. The van der Waals surface area contributed by atoms with Gasteiger partial charge in [-0.15, -0.1) is 0 Å². The average Bonchev–Trinajstić information content (AvgIpc) is 1.64. The van der Waals surface area contributed by atoms with Crippen molar-refractivity contribution in [3.05, 3.63) is 11.8 Å². The highest BCUT2D eigenvalue weighted by molar-refractivity contribution is 4.86. The van der Waals surface area contributed by atoms with Gasteiger partial charge in [-0.05, 0) is 12.5 Å². The fourth-order valence-corrected chi connectivity index (χ4v) is 0.531. The van der Waals surface area contributed by atoms with Crippen molar-refractivity contribution in [2.75, 3.05) is 14.1 Å². The minimum atomic E-state index is 0.452. The monoisotopic (exact) mass is 129 g/mol. The molecule has 0 spiro atoms. The fraction of sp³-hybridized carbons (Fsp3) is 0.714. The van der Waals surface area contributed by atoms with Crippen LogP contribution in [0.15, 0.2) is 11.8 Å². The zero-order valence-electron chi connectivity index (χ0n) is 6.81. The standard InChI is InChI=1S/C7H17N2/c1-5-6-7(2)9(3,4)8/h6H,5,8H2,1-4H3/q+1/b7-6-. The first kappa shape index (κ1) is 8.66. The van der Waals surface area contributed by atoms with Gasteiger partial charge in [0.15, 0.2) is 0 Å². The maximum absolute atomic E-state index is 5.73. The fourth-order valence-electron chi connectivity index (χ4n) is 0.531. The van der Waals surface area contributed by atoms with Crippen LogP contribution in [0, 0.1) is 0 Å². The predicted octanol–water partition coefficient (Wildman–Crippen LogP) is 1.25. The molecule has 0 unspecified atom stereocenters. The van der Waals surface area contributed by atoms with Crippen molar-refractivity contribution < 1.29 is 4.59 Å². The van der Waals surface area contributed by atoms with Crippen molar-refractivity contribution in [2.45, 2.75) is 20.3 Å². The van der Waals surface area contributed by atoms with E-state index in [9.17, 15) is 0 Å². The first-order valence-corrected chi connectivity index (χ1v) is 3.28. The summed E-state index contributed by atoms with van der Waals surface area (Å²) in [6, 6.07) is 0. The lowest BCUT2D eigenvalue weighted by atomic mass is 10.3. The molecule has 54 valence electrons. The van der Waals surface area contributed by atoms with Gasteiger partial charge in [0.2, 0.25) is 0 Å². The van der Waals surface area contributed by atoms with E-state index in [1.807, 2.05) is 21.0 Å². The third-order valence-electron chi connectivity index (χ3n) is 1.41. The zero-order chi connectivity index (χ0) is 7.49. The molecule has 2 nitrogen and oxygen atoms in total. The molecule has 0 heterocycles. The molecule has 0 saturated carbocycles. The summed E-state index contributed by atoms with van der Waals surface area (Å²) < 4.78 is 0.452. The second kappa shape index (κ2) is 2.99. The molecule has 0 aromatic carbocycles. The number of allylic oxidation sites excluding steroid dienone is 2. The van der Waals surface area contributed by atoms with Crippen molar-refractivity contribution in [1.82, 2.24) is 0 Å². The van der Waals surface area contributed by atoms with E-state index in [0.717, 1.165) is 6.42 Å². The van der Waals surface area contributed by atoms with Crippen LogP contribution in [-0.4, -0.2) is 18.7 Å². The van der Waals surface area contributed by atoms with E-state index in [-0.39, 0.29) is 0 Å². The molecule has 0 rings (SSSR count). The number of nitrogens with zero attached hydrogens (tertiary/aromatic N) is 1. The van der Waals surface area contributed by atoms with Crippen LogP contribution in [0.2, 0.25) is 0 Å². The molecule has 0 aliphatic rings. The Morgan fingerprint density at radius 2 is 2.00 bits per heavy atom. The molecule has 0 aromatic heterocycles. The number of quaternary nitrogens is 1. The molecule has 0 fully saturated rings. The Labute approximate surface area is 57.5 Å². The summed E-state index contributed by atoms with van der Waals surface area (Å²) in [5.74, 6) is 5.73. The molecular weight excluding hydrogens is 112 g/mol. The molecule has 0 aromatic rings. The van der Waals surface area contributed by atoms with Crippen LogP contribution in [0.1, 0.15) is 20.3 Å². The molecule has 0 amide bonds. The van der Waals surface area contributed by atoms with Crippen molar-refractivity contribution in [2.24, 2.45) is 5.84 Å². The second-order valence-electron chi connectivity index (χ2n) is 2.79. The van der Waals surface area contributed by atoms with Crippen LogP contribution in [0.4, 0.5) is 0 Å². The van der Waals surface area contributed by atoms with E-state index < -0.39 is 0 Å². The van der Waals surface area contributed by atoms with E-state index in [4.69, 9.17) is 5.84 Å². The molecule has 0 atom stereocenters. The van der Waals surface area contributed by atoms with E-state index in [1.165, 1.54) is 5.70 Å². The summed E-state index contributed by atoms with van der Waals surface area (Å²) in [6.07, 6.45) is 3.20. The Kier molecular flexibility index (Phi) is 2.88. The highest BCUT2D eigenvalue weighted by Gasteiger charge is 2.09. The molecule has 2 N–H and O–H groups in total. The molecule has 2 heteroatoms. The number of nitrogens with two attached hydrogens (primary N) is 1. The Morgan fingerprint density at radius 3 is 2.11 bits per heavy atom. The van der Waals surface area contributed by atoms with Crippen molar-refractivity contribution in [1.29, 1.82) is 0 Å². The third kappa shape index (κ3) is 3.27. The van der Waals surface area contributed by atoms with Gasteiger partial charge in [0.25, 0.3) is 0 Å². The SMILES string of the molecule is CC/C=C(/C)[N+](C)(C)N. The van der Waals surface area contributed by atoms with E-state index >= 15 is 0 Å². The zero-order valence-corrected chi connectivity index (χ0v) is 6.81. The van der Waals surface area contributed by atoms with Crippen LogP contribution in [-0.2, 0) is 0 Å². The van der Waals surface area contributed by atoms with Gasteiger partial charge < -0.3 is 0 Å². The van der Waals surface area contributed by atoms with E-state index in [0.29, 0.717) is 4.59 Å². The quantitative estimate of drug-likeness (QED) is 0.339. The lowest BCUT2D eigenvalue weighted by molar-refractivity contribution is -0.864. The molecule has 0 saturated heterocycles. The predicted molar refractivity (Wildman–Crippen MR) is 40.3 cm³/mol. The summed E-state index contributed by atoms with van der Waals surface area (Å²) in [4.78, 5) is 0. The maximum Gasteiger partial charge on any atom is 0.120 e. The van der Waals surface area contributed by atoms with Crippen LogP contribution in [0.3, 0.4) is 0 Å². The highest BCUT2D eigenvalue weighted by Crippen LogP contribution is 2.02. The van der Waals surface area contributed by atoms with Gasteiger partial charge in [-0.2, -0.15) is 5.84 Å². The first-order valence-electron chi connectivity index (χ1n) is 3.28. The Morgan fingerprint density at radius 1 is 1.56 bits per heavy atom. The van der Waals surface area contributed by atoms with Crippen LogP contribution in [0.5, 0.6) is 0 Å². The normalized spacial score (nSPS) is 14.1. The van der Waals surface area contributed by atoms with Gasteiger partial charge in [-0.25, -0.2) is 4.59 Å². The Balaban J connectivity index is 4.03. The van der Waals surface area contributed by atoms with Crippen LogP contribution in [0.25, 0.3) is 0 Å². The van der Waals surface area contributed by atoms with Crippen molar-refractivity contribution in [3.8, 4) is 0 Å². The van der Waals surface area contributed by atoms with Crippen molar-refractivity contribution in [3.63, 3.8) is 0 Å². The minimum Gasteiger partial charge on any atom is -0.225 e. The number of hydrogen-bond donors (Lipinski definition) is 1. The van der Waals surface area contributed by atoms with E-state index in [1.54, 1.807) is 0 Å². The molecule has 0 bridgehead atoms. The summed E-state index contributed by atoms with van der Waals surface area (Å²) in [7, 11) is 3.92. The summed E-state index contributed by atoms with van der Waals surface area (Å²) in [5.41, 5.74) is 1.21. The molecule has 0 aliphatic carbocycles. The molecular formula is C7H17N2+. The molecule has 9 heavy (non-hydrogen) atoms. The van der Waals surface area contributed by atoms with Crippen molar-refractivity contribution >= 4 is 0 Å². The number of rotatable bonds is 2. The highest BCUT2D eigenvalue weighted by atomic mass is 15.5. The second-order valence-corrected chi connectivity index (χ2v) is 2.79. The van der Waals surface area contributed by atoms with Crippen LogP contribution < -0.4 is 5.84 Å².